The molecule has 2 rings (SSSR count). The Balaban J connectivity index is 1.84. The number of nitrogens with one attached hydrogen (secondary N) is 1. The second kappa shape index (κ2) is 8.41. The zero-order valence-electron chi connectivity index (χ0n) is 13.9. The van der Waals surface area contributed by atoms with Gasteiger partial charge in [0.15, 0.2) is 0 Å². The van der Waals surface area contributed by atoms with Gasteiger partial charge in [0.05, 0.1) is 12.7 Å². The lowest BCUT2D eigenvalue weighted by atomic mass is 10.2. The molecular formula is C17H25N3O3. The number of urea groups is 1. The van der Waals surface area contributed by atoms with Crippen molar-refractivity contribution in [1.82, 2.24) is 10.2 Å². The number of hydrogen-bond acceptors (Lipinski definition) is 4. The first-order valence-electron chi connectivity index (χ1n) is 8.11. The van der Waals surface area contributed by atoms with E-state index in [0.29, 0.717) is 18.7 Å². The van der Waals surface area contributed by atoms with Crippen molar-refractivity contribution in [2.45, 2.75) is 19.8 Å². The average molecular weight is 319 g/mol. The molecule has 1 N–H and O–H groups in total. The van der Waals surface area contributed by atoms with Gasteiger partial charge in [0.2, 0.25) is 0 Å². The number of amides is 2. The average Bonchev–Trinajstić information content (AvgIpc) is 2.61. The van der Waals surface area contributed by atoms with Crippen molar-refractivity contribution in [2.75, 3.05) is 44.7 Å². The second-order valence-electron chi connectivity index (χ2n) is 5.60. The zero-order valence-corrected chi connectivity index (χ0v) is 13.9. The van der Waals surface area contributed by atoms with Crippen LogP contribution in [0.2, 0.25) is 0 Å². The Labute approximate surface area is 137 Å². The van der Waals surface area contributed by atoms with Crippen LogP contribution in [0.5, 0.6) is 0 Å². The van der Waals surface area contributed by atoms with Crippen LogP contribution in [0.4, 0.5) is 10.5 Å². The summed E-state index contributed by atoms with van der Waals surface area (Å²) in [5.41, 5.74) is 1.61. The highest BCUT2D eigenvalue weighted by molar-refractivity contribution is 5.89. The number of esters is 1. The minimum atomic E-state index is -0.329. The quantitative estimate of drug-likeness (QED) is 0.667. The lowest BCUT2D eigenvalue weighted by Crippen LogP contribution is -2.52. The number of unbranched alkanes of at least 4 members (excludes halogenated alkanes) is 1. The Morgan fingerprint density at radius 2 is 1.78 bits per heavy atom. The Morgan fingerprint density at radius 1 is 1.13 bits per heavy atom. The molecule has 0 radical (unpaired) electrons. The van der Waals surface area contributed by atoms with E-state index in [2.05, 4.69) is 17.1 Å². The van der Waals surface area contributed by atoms with E-state index < -0.39 is 0 Å². The van der Waals surface area contributed by atoms with Crippen LogP contribution in [-0.4, -0.2) is 56.7 Å². The normalized spacial score (nSPS) is 14.5. The Kier molecular flexibility index (Phi) is 6.26. The molecule has 0 aromatic heterocycles. The molecule has 0 aliphatic carbocycles. The molecule has 126 valence electrons. The highest BCUT2D eigenvalue weighted by atomic mass is 16.5. The summed E-state index contributed by atoms with van der Waals surface area (Å²) < 4.78 is 4.70. The van der Waals surface area contributed by atoms with Gasteiger partial charge in [0.25, 0.3) is 0 Å². The number of anilines is 1. The van der Waals surface area contributed by atoms with Gasteiger partial charge >= 0.3 is 12.0 Å². The highest BCUT2D eigenvalue weighted by Crippen LogP contribution is 2.17. The van der Waals surface area contributed by atoms with Gasteiger partial charge in [-0.3, -0.25) is 0 Å². The van der Waals surface area contributed by atoms with Crippen molar-refractivity contribution in [1.29, 1.82) is 0 Å². The number of piperazine rings is 1. The van der Waals surface area contributed by atoms with Crippen LogP contribution in [0.3, 0.4) is 0 Å². The summed E-state index contributed by atoms with van der Waals surface area (Å²) >= 11 is 0. The first kappa shape index (κ1) is 17.1. The number of carbonyl (C=O) groups excluding carboxylic acids is 2. The van der Waals surface area contributed by atoms with Crippen molar-refractivity contribution >= 4 is 17.7 Å². The van der Waals surface area contributed by atoms with Crippen molar-refractivity contribution in [3.8, 4) is 0 Å². The number of hydrogen-bond donors (Lipinski definition) is 1. The lowest BCUT2D eigenvalue weighted by molar-refractivity contribution is 0.0600. The molecule has 0 saturated carbocycles. The summed E-state index contributed by atoms with van der Waals surface area (Å²) in [6.07, 6.45) is 2.09. The summed E-state index contributed by atoms with van der Waals surface area (Å²) in [6, 6.07) is 7.40. The van der Waals surface area contributed by atoms with E-state index >= 15 is 0 Å². The molecule has 1 aromatic carbocycles. The van der Waals surface area contributed by atoms with E-state index in [0.717, 1.165) is 38.2 Å². The summed E-state index contributed by atoms with van der Waals surface area (Å²) in [5.74, 6) is -0.329. The number of nitrogens with zero attached hydrogens (tertiary/aromatic N) is 2. The Hall–Kier alpha value is -2.24. The lowest BCUT2D eigenvalue weighted by Gasteiger charge is -2.36. The molecule has 1 aliphatic heterocycles. The molecule has 1 aliphatic rings. The first-order valence-corrected chi connectivity index (χ1v) is 8.11. The van der Waals surface area contributed by atoms with Gasteiger partial charge in [-0.25, -0.2) is 9.59 Å². The number of ether oxygens (including phenoxy) is 1. The van der Waals surface area contributed by atoms with E-state index in [1.165, 1.54) is 7.11 Å². The third-order valence-electron chi connectivity index (χ3n) is 4.03. The van der Waals surface area contributed by atoms with Crippen molar-refractivity contribution in [3.05, 3.63) is 29.8 Å². The van der Waals surface area contributed by atoms with Gasteiger partial charge in [-0.05, 0) is 30.7 Å². The van der Waals surface area contributed by atoms with Crippen molar-refractivity contribution in [2.24, 2.45) is 0 Å². The fourth-order valence-electron chi connectivity index (χ4n) is 2.58. The van der Waals surface area contributed by atoms with Gasteiger partial charge < -0.3 is 19.9 Å². The molecule has 1 fully saturated rings. The second-order valence-corrected chi connectivity index (χ2v) is 5.60. The maximum atomic E-state index is 12.0. The summed E-state index contributed by atoms with van der Waals surface area (Å²) in [5, 5.41) is 2.95. The molecule has 1 saturated heterocycles. The van der Waals surface area contributed by atoms with Crippen LogP contribution >= 0.6 is 0 Å². The van der Waals surface area contributed by atoms with Crippen LogP contribution < -0.4 is 10.2 Å². The van der Waals surface area contributed by atoms with E-state index in [9.17, 15) is 9.59 Å². The number of benzene rings is 1. The van der Waals surface area contributed by atoms with Gasteiger partial charge in [-0.15, -0.1) is 0 Å². The molecule has 1 aromatic rings. The van der Waals surface area contributed by atoms with E-state index in [1.807, 2.05) is 17.0 Å². The molecule has 0 bridgehead atoms. The number of rotatable bonds is 5. The molecule has 23 heavy (non-hydrogen) atoms. The summed E-state index contributed by atoms with van der Waals surface area (Å²) in [7, 11) is 1.38. The fourth-order valence-corrected chi connectivity index (χ4v) is 2.58. The topological polar surface area (TPSA) is 61.9 Å². The number of carbonyl (C=O) groups is 2. The minimum Gasteiger partial charge on any atom is -0.465 e. The Morgan fingerprint density at radius 3 is 2.35 bits per heavy atom. The zero-order chi connectivity index (χ0) is 16.7. The molecular weight excluding hydrogens is 294 g/mol. The van der Waals surface area contributed by atoms with E-state index in [4.69, 9.17) is 4.74 Å². The minimum absolute atomic E-state index is 0.0270. The van der Waals surface area contributed by atoms with Crippen LogP contribution in [-0.2, 0) is 4.74 Å². The van der Waals surface area contributed by atoms with E-state index in [1.54, 1.807) is 12.1 Å². The third kappa shape index (κ3) is 4.61. The third-order valence-corrected chi connectivity index (χ3v) is 4.03. The highest BCUT2D eigenvalue weighted by Gasteiger charge is 2.21. The maximum absolute atomic E-state index is 12.0. The van der Waals surface area contributed by atoms with Crippen LogP contribution in [0.15, 0.2) is 24.3 Å². The monoisotopic (exact) mass is 319 g/mol. The summed E-state index contributed by atoms with van der Waals surface area (Å²) in [6.45, 7) is 5.84. The van der Waals surface area contributed by atoms with Gasteiger partial charge in [0, 0.05) is 38.4 Å². The number of methoxy groups -OCH3 is 1. The first-order chi connectivity index (χ1) is 11.2. The molecule has 0 spiro atoms. The van der Waals surface area contributed by atoms with Crippen LogP contribution in [0, 0.1) is 0 Å². The largest absolute Gasteiger partial charge is 0.465 e. The smallest absolute Gasteiger partial charge is 0.337 e. The van der Waals surface area contributed by atoms with Gasteiger partial charge in [0.1, 0.15) is 0 Å². The molecule has 6 heteroatoms. The van der Waals surface area contributed by atoms with E-state index in [-0.39, 0.29) is 12.0 Å². The van der Waals surface area contributed by atoms with Gasteiger partial charge in [-0.1, -0.05) is 13.3 Å². The summed E-state index contributed by atoms with van der Waals surface area (Å²) in [4.78, 5) is 27.5. The molecule has 0 unspecified atom stereocenters. The SMILES string of the molecule is CCCCNC(=O)N1CCN(c2ccc(C(=O)OC)cc2)CC1. The van der Waals surface area contributed by atoms with Crippen molar-refractivity contribution < 1.29 is 14.3 Å². The van der Waals surface area contributed by atoms with Crippen LogP contribution in [0.1, 0.15) is 30.1 Å². The molecule has 2 amide bonds. The van der Waals surface area contributed by atoms with Crippen LogP contribution in [0.25, 0.3) is 0 Å². The fraction of sp³-hybridized carbons (Fsp3) is 0.529. The molecule has 0 atom stereocenters. The molecule has 6 nitrogen and oxygen atoms in total. The molecule has 1 heterocycles. The van der Waals surface area contributed by atoms with Gasteiger partial charge in [-0.2, -0.15) is 0 Å². The van der Waals surface area contributed by atoms with Crippen molar-refractivity contribution in [3.63, 3.8) is 0 Å². The predicted octanol–water partition coefficient (Wildman–Crippen LogP) is 2.10. The maximum Gasteiger partial charge on any atom is 0.337 e. The predicted molar refractivity (Wildman–Crippen MR) is 89.9 cm³/mol. The standard InChI is InChI=1S/C17H25N3O3/c1-3-4-9-18-17(22)20-12-10-19(11-13-20)15-7-5-14(6-8-15)16(21)23-2/h5-8H,3-4,9-13H2,1-2H3,(H,18,22). The Bertz CT molecular complexity index is 522.